The van der Waals surface area contributed by atoms with Gasteiger partial charge in [0.1, 0.15) is 18.1 Å². The molecule has 1 N–H and O–H groups in total. The van der Waals surface area contributed by atoms with Gasteiger partial charge >= 0.3 is 0 Å². The Hall–Kier alpha value is -2.98. The summed E-state index contributed by atoms with van der Waals surface area (Å²) >= 11 is 6.16. The molecule has 4 nitrogen and oxygen atoms in total. The minimum absolute atomic E-state index is 0.105. The predicted molar refractivity (Wildman–Crippen MR) is 116 cm³/mol. The number of hydrogen-bond acceptors (Lipinski definition) is 3. The van der Waals surface area contributed by atoms with Crippen LogP contribution in [-0.4, -0.2) is 12.0 Å². The fourth-order valence-electron chi connectivity index (χ4n) is 2.79. The van der Waals surface area contributed by atoms with Crippen molar-refractivity contribution in [3.63, 3.8) is 0 Å². The lowest BCUT2D eigenvalue weighted by Crippen LogP contribution is -2.22. The minimum Gasteiger partial charge on any atom is -0.491 e. The number of nitrogens with one attached hydrogen (secondary N) is 1. The molecule has 0 saturated carbocycles. The van der Waals surface area contributed by atoms with Crippen LogP contribution in [0.25, 0.3) is 0 Å². The molecule has 0 aromatic heterocycles. The molecule has 0 spiro atoms. The van der Waals surface area contributed by atoms with Gasteiger partial charge in [-0.15, -0.1) is 0 Å². The van der Waals surface area contributed by atoms with Gasteiger partial charge in [-0.1, -0.05) is 48.0 Å². The molecular formula is C24H24ClNO3. The van der Waals surface area contributed by atoms with Gasteiger partial charge in [0.25, 0.3) is 5.91 Å². The van der Waals surface area contributed by atoms with E-state index in [0.29, 0.717) is 29.5 Å². The molecule has 0 fully saturated rings. The van der Waals surface area contributed by atoms with E-state index in [-0.39, 0.29) is 12.0 Å². The van der Waals surface area contributed by atoms with Crippen molar-refractivity contribution in [2.75, 3.05) is 0 Å². The molecule has 150 valence electrons. The van der Waals surface area contributed by atoms with Crippen LogP contribution >= 0.6 is 11.6 Å². The van der Waals surface area contributed by atoms with E-state index >= 15 is 0 Å². The summed E-state index contributed by atoms with van der Waals surface area (Å²) in [5.41, 5.74) is 2.41. The fraction of sp³-hybridized carbons (Fsp3) is 0.208. The van der Waals surface area contributed by atoms with Crippen molar-refractivity contribution in [1.29, 1.82) is 0 Å². The summed E-state index contributed by atoms with van der Waals surface area (Å²) in [4.78, 5) is 12.5. The molecule has 0 atom stereocenters. The SMILES string of the molecule is CC(C)Oc1cccc(CNC(=O)c2cccc(OCc3ccccc3Cl)c2)c1. The number of hydrogen-bond donors (Lipinski definition) is 1. The Balaban J connectivity index is 1.59. The molecule has 3 aromatic carbocycles. The first-order chi connectivity index (χ1) is 14.0. The summed E-state index contributed by atoms with van der Waals surface area (Å²) in [6, 6.07) is 22.3. The van der Waals surface area contributed by atoms with Gasteiger partial charge in [-0.3, -0.25) is 4.79 Å². The van der Waals surface area contributed by atoms with Crippen molar-refractivity contribution in [1.82, 2.24) is 5.32 Å². The van der Waals surface area contributed by atoms with Gasteiger partial charge in [0.05, 0.1) is 6.10 Å². The van der Waals surface area contributed by atoms with Gasteiger partial charge in [0.2, 0.25) is 0 Å². The molecule has 3 rings (SSSR count). The van der Waals surface area contributed by atoms with Gasteiger partial charge in [-0.05, 0) is 55.8 Å². The highest BCUT2D eigenvalue weighted by Crippen LogP contribution is 2.20. The normalized spacial score (nSPS) is 10.6. The summed E-state index contributed by atoms with van der Waals surface area (Å²) in [6.07, 6.45) is 0.105. The first kappa shape index (κ1) is 20.7. The molecule has 0 saturated heterocycles. The van der Waals surface area contributed by atoms with Crippen molar-refractivity contribution in [3.05, 3.63) is 94.5 Å². The number of amides is 1. The van der Waals surface area contributed by atoms with Gasteiger partial charge in [0.15, 0.2) is 0 Å². The molecule has 0 aliphatic carbocycles. The van der Waals surface area contributed by atoms with Crippen LogP contribution in [-0.2, 0) is 13.2 Å². The molecule has 1 amide bonds. The third kappa shape index (κ3) is 6.26. The first-order valence-corrected chi connectivity index (χ1v) is 9.89. The fourth-order valence-corrected chi connectivity index (χ4v) is 2.98. The van der Waals surface area contributed by atoms with Gasteiger partial charge in [0, 0.05) is 22.7 Å². The first-order valence-electron chi connectivity index (χ1n) is 9.51. The molecule has 0 unspecified atom stereocenters. The number of benzene rings is 3. The smallest absolute Gasteiger partial charge is 0.251 e. The van der Waals surface area contributed by atoms with Crippen molar-refractivity contribution < 1.29 is 14.3 Å². The lowest BCUT2D eigenvalue weighted by atomic mass is 10.1. The number of rotatable bonds is 8. The lowest BCUT2D eigenvalue weighted by Gasteiger charge is -2.12. The second-order valence-corrected chi connectivity index (χ2v) is 7.31. The highest BCUT2D eigenvalue weighted by Gasteiger charge is 2.08. The van der Waals surface area contributed by atoms with E-state index in [9.17, 15) is 4.79 Å². The molecule has 3 aromatic rings. The van der Waals surface area contributed by atoms with Gasteiger partial charge in [-0.2, -0.15) is 0 Å². The van der Waals surface area contributed by atoms with E-state index in [1.807, 2.05) is 68.4 Å². The Morgan fingerprint density at radius 1 is 0.966 bits per heavy atom. The van der Waals surface area contributed by atoms with Gasteiger partial charge in [-0.25, -0.2) is 0 Å². The van der Waals surface area contributed by atoms with Crippen molar-refractivity contribution >= 4 is 17.5 Å². The maximum atomic E-state index is 12.5. The van der Waals surface area contributed by atoms with E-state index in [1.165, 1.54) is 0 Å². The maximum absolute atomic E-state index is 12.5. The van der Waals surface area contributed by atoms with E-state index in [2.05, 4.69) is 5.32 Å². The summed E-state index contributed by atoms with van der Waals surface area (Å²) in [5, 5.41) is 3.59. The van der Waals surface area contributed by atoms with E-state index in [0.717, 1.165) is 16.9 Å². The number of ether oxygens (including phenoxy) is 2. The third-order valence-corrected chi connectivity index (χ3v) is 4.54. The van der Waals surface area contributed by atoms with Crippen LogP contribution in [0.2, 0.25) is 5.02 Å². The molecule has 0 heterocycles. The van der Waals surface area contributed by atoms with E-state index < -0.39 is 0 Å². The summed E-state index contributed by atoms with van der Waals surface area (Å²) in [5.74, 6) is 1.25. The zero-order chi connectivity index (χ0) is 20.6. The lowest BCUT2D eigenvalue weighted by molar-refractivity contribution is 0.0950. The molecule has 5 heteroatoms. The predicted octanol–water partition coefficient (Wildman–Crippen LogP) is 5.64. The standard InChI is InChI=1S/C24H24ClNO3/c1-17(2)29-22-11-5-7-18(13-22)15-26-24(27)19-9-6-10-21(14-19)28-16-20-8-3-4-12-23(20)25/h3-14,17H,15-16H2,1-2H3,(H,26,27). The molecule has 0 bridgehead atoms. The van der Waals surface area contributed by atoms with E-state index in [1.54, 1.807) is 18.2 Å². The van der Waals surface area contributed by atoms with Crippen LogP contribution in [0.5, 0.6) is 11.5 Å². The van der Waals surface area contributed by atoms with E-state index in [4.69, 9.17) is 21.1 Å². The van der Waals surface area contributed by atoms with Crippen LogP contribution in [0, 0.1) is 0 Å². The topological polar surface area (TPSA) is 47.6 Å². The van der Waals surface area contributed by atoms with Crippen molar-refractivity contribution in [2.45, 2.75) is 33.1 Å². The Morgan fingerprint density at radius 2 is 1.72 bits per heavy atom. The van der Waals surface area contributed by atoms with Crippen LogP contribution in [0.3, 0.4) is 0 Å². The van der Waals surface area contributed by atoms with Gasteiger partial charge < -0.3 is 14.8 Å². The zero-order valence-electron chi connectivity index (χ0n) is 16.5. The zero-order valence-corrected chi connectivity index (χ0v) is 17.3. The molecule has 0 aliphatic rings. The average Bonchev–Trinajstić information content (AvgIpc) is 2.71. The highest BCUT2D eigenvalue weighted by molar-refractivity contribution is 6.31. The number of halogens is 1. The molecule has 0 radical (unpaired) electrons. The largest absolute Gasteiger partial charge is 0.491 e. The molecule has 0 aliphatic heterocycles. The number of carbonyl (C=O) groups excluding carboxylic acids is 1. The Bertz CT molecular complexity index is 972. The van der Waals surface area contributed by atoms with Crippen molar-refractivity contribution in [2.24, 2.45) is 0 Å². The van der Waals surface area contributed by atoms with Crippen molar-refractivity contribution in [3.8, 4) is 11.5 Å². The summed E-state index contributed by atoms with van der Waals surface area (Å²) < 4.78 is 11.5. The molecule has 29 heavy (non-hydrogen) atoms. The maximum Gasteiger partial charge on any atom is 0.251 e. The van der Waals surface area contributed by atoms with Crippen LogP contribution in [0.1, 0.15) is 35.3 Å². The minimum atomic E-state index is -0.164. The highest BCUT2D eigenvalue weighted by atomic mass is 35.5. The second kappa shape index (κ2) is 9.99. The summed E-state index contributed by atoms with van der Waals surface area (Å²) in [6.45, 7) is 4.72. The Labute approximate surface area is 176 Å². The Morgan fingerprint density at radius 3 is 2.52 bits per heavy atom. The molecular weight excluding hydrogens is 386 g/mol. The van der Waals surface area contributed by atoms with Crippen LogP contribution in [0.15, 0.2) is 72.8 Å². The van der Waals surface area contributed by atoms with Crippen LogP contribution < -0.4 is 14.8 Å². The second-order valence-electron chi connectivity index (χ2n) is 6.90. The summed E-state index contributed by atoms with van der Waals surface area (Å²) in [7, 11) is 0. The third-order valence-electron chi connectivity index (χ3n) is 4.17. The average molecular weight is 410 g/mol. The van der Waals surface area contributed by atoms with Crippen LogP contribution in [0.4, 0.5) is 0 Å². The monoisotopic (exact) mass is 409 g/mol. The number of carbonyl (C=O) groups is 1. The Kier molecular flexibility index (Phi) is 7.14. The quantitative estimate of drug-likeness (QED) is 0.524.